The summed E-state index contributed by atoms with van der Waals surface area (Å²) in [4.78, 5) is 14.2. The molecule has 20 heavy (non-hydrogen) atoms. The number of carbonyl (C=O) groups is 1. The molecule has 1 aromatic rings. The van der Waals surface area contributed by atoms with Crippen LogP contribution in [0.5, 0.6) is 0 Å². The number of piperidine rings is 1. The summed E-state index contributed by atoms with van der Waals surface area (Å²) in [6.07, 6.45) is 4.13. The molecule has 112 valence electrons. The Kier molecular flexibility index (Phi) is 6.08. The van der Waals surface area contributed by atoms with Crippen molar-refractivity contribution in [3.63, 3.8) is 0 Å². The minimum Gasteiger partial charge on any atom is -0.467 e. The zero-order chi connectivity index (χ0) is 14.2. The van der Waals surface area contributed by atoms with E-state index in [0.29, 0.717) is 19.0 Å². The van der Waals surface area contributed by atoms with Crippen LogP contribution in [0.2, 0.25) is 0 Å². The van der Waals surface area contributed by atoms with Gasteiger partial charge in [-0.1, -0.05) is 6.92 Å². The van der Waals surface area contributed by atoms with E-state index in [9.17, 15) is 4.79 Å². The zero-order valence-corrected chi connectivity index (χ0v) is 12.2. The summed E-state index contributed by atoms with van der Waals surface area (Å²) >= 11 is 0. The number of hydrogen-bond acceptors (Lipinski definition) is 4. The maximum Gasteiger partial charge on any atom is 0.234 e. The zero-order valence-electron chi connectivity index (χ0n) is 12.2. The standard InChI is InChI=1S/C15H25N3O2/c1-2-18(11-13-5-3-7-16-9-13)12-15(19)17-10-14-6-4-8-20-14/h4,6,8,13,16H,2-3,5,7,9-12H2,1H3,(H,17,19). The van der Waals surface area contributed by atoms with Crippen molar-refractivity contribution in [1.82, 2.24) is 15.5 Å². The van der Waals surface area contributed by atoms with E-state index in [1.54, 1.807) is 6.26 Å². The number of nitrogens with zero attached hydrogens (tertiary/aromatic N) is 1. The third-order valence-corrected chi connectivity index (χ3v) is 3.77. The molecule has 2 heterocycles. The second kappa shape index (κ2) is 8.07. The van der Waals surface area contributed by atoms with Gasteiger partial charge in [0.05, 0.1) is 19.4 Å². The highest BCUT2D eigenvalue weighted by Gasteiger charge is 2.17. The second-order valence-electron chi connectivity index (χ2n) is 5.40. The normalized spacial score (nSPS) is 19.2. The van der Waals surface area contributed by atoms with Gasteiger partial charge < -0.3 is 15.1 Å². The molecular weight excluding hydrogens is 254 g/mol. The Morgan fingerprint density at radius 1 is 1.60 bits per heavy atom. The minimum atomic E-state index is 0.0621. The van der Waals surface area contributed by atoms with E-state index >= 15 is 0 Å². The van der Waals surface area contributed by atoms with E-state index in [1.165, 1.54) is 12.8 Å². The molecular formula is C15H25N3O2. The number of nitrogens with one attached hydrogen (secondary N) is 2. The molecule has 2 rings (SSSR count). The van der Waals surface area contributed by atoms with Gasteiger partial charge in [0.2, 0.25) is 5.91 Å². The van der Waals surface area contributed by atoms with E-state index < -0.39 is 0 Å². The average molecular weight is 279 g/mol. The summed E-state index contributed by atoms with van der Waals surface area (Å²) in [7, 11) is 0. The first-order valence-corrected chi connectivity index (χ1v) is 7.50. The Labute approximate surface area is 120 Å². The molecule has 0 saturated carbocycles. The van der Waals surface area contributed by atoms with Crippen molar-refractivity contribution in [1.29, 1.82) is 0 Å². The fraction of sp³-hybridized carbons (Fsp3) is 0.667. The van der Waals surface area contributed by atoms with Crippen LogP contribution in [-0.4, -0.2) is 43.5 Å². The van der Waals surface area contributed by atoms with Crippen LogP contribution in [0.25, 0.3) is 0 Å². The maximum absolute atomic E-state index is 11.9. The molecule has 1 amide bonds. The third-order valence-electron chi connectivity index (χ3n) is 3.77. The minimum absolute atomic E-state index is 0.0621. The van der Waals surface area contributed by atoms with Crippen LogP contribution in [0.15, 0.2) is 22.8 Å². The summed E-state index contributed by atoms with van der Waals surface area (Å²) in [6.45, 7) is 7.15. The van der Waals surface area contributed by atoms with Gasteiger partial charge in [-0.05, 0) is 50.5 Å². The highest BCUT2D eigenvalue weighted by atomic mass is 16.3. The van der Waals surface area contributed by atoms with E-state index in [2.05, 4.69) is 22.5 Å². The highest BCUT2D eigenvalue weighted by Crippen LogP contribution is 2.11. The van der Waals surface area contributed by atoms with Crippen molar-refractivity contribution in [2.45, 2.75) is 26.3 Å². The first-order valence-electron chi connectivity index (χ1n) is 7.50. The maximum atomic E-state index is 11.9. The smallest absolute Gasteiger partial charge is 0.234 e. The highest BCUT2D eigenvalue weighted by molar-refractivity contribution is 5.77. The van der Waals surface area contributed by atoms with Gasteiger partial charge in [0, 0.05) is 6.54 Å². The molecule has 0 radical (unpaired) electrons. The van der Waals surface area contributed by atoms with Crippen LogP contribution in [0.4, 0.5) is 0 Å². The Bertz CT molecular complexity index is 386. The van der Waals surface area contributed by atoms with Crippen LogP contribution >= 0.6 is 0 Å². The lowest BCUT2D eigenvalue weighted by Crippen LogP contribution is -2.42. The number of amides is 1. The number of rotatable bonds is 7. The number of likely N-dealkylation sites (N-methyl/N-ethyl adjacent to an activating group) is 1. The van der Waals surface area contributed by atoms with Gasteiger partial charge in [0.1, 0.15) is 5.76 Å². The van der Waals surface area contributed by atoms with Crippen molar-refractivity contribution >= 4 is 5.91 Å². The average Bonchev–Trinajstić information content (AvgIpc) is 2.99. The fourth-order valence-corrected chi connectivity index (χ4v) is 2.61. The molecule has 1 aliphatic rings. The van der Waals surface area contributed by atoms with Gasteiger partial charge in [0.25, 0.3) is 0 Å². The molecule has 1 aliphatic heterocycles. The first kappa shape index (κ1) is 15.1. The summed E-state index contributed by atoms with van der Waals surface area (Å²) in [5, 5.41) is 6.32. The molecule has 1 fully saturated rings. The fourth-order valence-electron chi connectivity index (χ4n) is 2.61. The van der Waals surface area contributed by atoms with Gasteiger partial charge in [-0.15, -0.1) is 0 Å². The van der Waals surface area contributed by atoms with Crippen LogP contribution in [-0.2, 0) is 11.3 Å². The van der Waals surface area contributed by atoms with Crippen molar-refractivity contribution in [3.05, 3.63) is 24.2 Å². The molecule has 1 atom stereocenters. The quantitative estimate of drug-likeness (QED) is 0.788. The van der Waals surface area contributed by atoms with Crippen LogP contribution in [0, 0.1) is 5.92 Å². The van der Waals surface area contributed by atoms with Crippen molar-refractivity contribution in [2.75, 3.05) is 32.7 Å². The van der Waals surface area contributed by atoms with Gasteiger partial charge in [-0.25, -0.2) is 0 Å². The summed E-state index contributed by atoms with van der Waals surface area (Å²) in [5.41, 5.74) is 0. The van der Waals surface area contributed by atoms with Crippen LogP contribution < -0.4 is 10.6 Å². The Morgan fingerprint density at radius 3 is 3.15 bits per heavy atom. The lowest BCUT2D eigenvalue weighted by molar-refractivity contribution is -0.122. The van der Waals surface area contributed by atoms with E-state index in [0.717, 1.165) is 31.9 Å². The molecule has 1 aromatic heterocycles. The molecule has 1 saturated heterocycles. The van der Waals surface area contributed by atoms with Gasteiger partial charge in [-0.2, -0.15) is 0 Å². The number of carbonyl (C=O) groups excluding carboxylic acids is 1. The molecule has 0 aliphatic carbocycles. The van der Waals surface area contributed by atoms with Crippen molar-refractivity contribution in [2.24, 2.45) is 5.92 Å². The van der Waals surface area contributed by atoms with Gasteiger partial charge in [0.15, 0.2) is 0 Å². The lowest BCUT2D eigenvalue weighted by atomic mass is 9.99. The van der Waals surface area contributed by atoms with Crippen LogP contribution in [0.3, 0.4) is 0 Å². The SMILES string of the molecule is CCN(CC(=O)NCc1ccco1)CC1CCCNC1. The molecule has 5 nitrogen and oxygen atoms in total. The molecule has 0 aromatic carbocycles. The number of furan rings is 1. The Hall–Kier alpha value is -1.33. The third kappa shape index (κ3) is 4.98. The van der Waals surface area contributed by atoms with E-state index in [4.69, 9.17) is 4.42 Å². The molecule has 0 spiro atoms. The van der Waals surface area contributed by atoms with E-state index in [-0.39, 0.29) is 5.91 Å². The summed E-state index contributed by atoms with van der Waals surface area (Å²) < 4.78 is 5.20. The van der Waals surface area contributed by atoms with Crippen molar-refractivity contribution in [3.8, 4) is 0 Å². The number of hydrogen-bond donors (Lipinski definition) is 2. The summed E-state index contributed by atoms with van der Waals surface area (Å²) in [5.74, 6) is 1.52. The predicted octanol–water partition coefficient (Wildman–Crippen LogP) is 1.22. The van der Waals surface area contributed by atoms with Crippen molar-refractivity contribution < 1.29 is 9.21 Å². The van der Waals surface area contributed by atoms with Gasteiger partial charge in [-0.3, -0.25) is 9.69 Å². The topological polar surface area (TPSA) is 57.5 Å². The Morgan fingerprint density at radius 2 is 2.50 bits per heavy atom. The Balaban J connectivity index is 1.69. The molecule has 0 bridgehead atoms. The first-order chi connectivity index (χ1) is 9.78. The monoisotopic (exact) mass is 279 g/mol. The van der Waals surface area contributed by atoms with Crippen LogP contribution in [0.1, 0.15) is 25.5 Å². The molecule has 2 N–H and O–H groups in total. The largest absolute Gasteiger partial charge is 0.467 e. The predicted molar refractivity (Wildman–Crippen MR) is 78.3 cm³/mol. The molecule has 1 unspecified atom stereocenters. The molecule has 5 heteroatoms. The van der Waals surface area contributed by atoms with E-state index in [1.807, 2.05) is 12.1 Å². The summed E-state index contributed by atoms with van der Waals surface area (Å²) in [6, 6.07) is 3.70. The lowest BCUT2D eigenvalue weighted by Gasteiger charge is -2.28. The van der Waals surface area contributed by atoms with Gasteiger partial charge >= 0.3 is 0 Å². The second-order valence-corrected chi connectivity index (χ2v) is 5.40.